The minimum atomic E-state index is 0.137. The van der Waals surface area contributed by atoms with Gasteiger partial charge in [0.05, 0.1) is 17.3 Å². The molecule has 0 bridgehead atoms. The number of nitrogens with zero attached hydrogens (tertiary/aromatic N) is 3. The normalized spacial score (nSPS) is 9.83. The van der Waals surface area contributed by atoms with Crippen LogP contribution in [0.15, 0.2) is 30.5 Å². The molecule has 0 saturated carbocycles. The Hall–Kier alpha value is -2.12. The second-order valence-corrected chi connectivity index (χ2v) is 3.86. The van der Waals surface area contributed by atoms with Crippen LogP contribution < -0.4 is 4.74 Å². The molecule has 0 unspecified atom stereocenters. The van der Waals surface area contributed by atoms with E-state index >= 15 is 0 Å². The molecule has 90 valence electrons. The molecule has 0 saturated heterocycles. The first kappa shape index (κ1) is 12.3. The molecule has 5 heteroatoms. The van der Waals surface area contributed by atoms with Crippen molar-refractivity contribution < 1.29 is 4.74 Å². The molecule has 2 aromatic rings. The molecule has 4 nitrogen and oxygen atoms in total. The lowest BCUT2D eigenvalue weighted by atomic mass is 10.1. The van der Waals surface area contributed by atoms with E-state index in [-0.39, 0.29) is 5.82 Å². The Balaban J connectivity index is 2.39. The van der Waals surface area contributed by atoms with Crippen molar-refractivity contribution >= 4 is 11.6 Å². The van der Waals surface area contributed by atoms with Crippen LogP contribution >= 0.6 is 11.6 Å². The van der Waals surface area contributed by atoms with Crippen LogP contribution in [-0.4, -0.2) is 16.6 Å². The number of halogens is 1. The van der Waals surface area contributed by atoms with E-state index in [0.29, 0.717) is 23.1 Å². The number of nitriles is 1. The molecular weight excluding hydrogens is 250 g/mol. The summed E-state index contributed by atoms with van der Waals surface area (Å²) in [6, 6.07) is 9.03. The minimum absolute atomic E-state index is 0.137. The number of hydrogen-bond acceptors (Lipinski definition) is 4. The molecule has 0 aliphatic rings. The van der Waals surface area contributed by atoms with Gasteiger partial charge in [-0.3, -0.25) is 0 Å². The standard InChI is InChI=1S/C13H10ClN3O/c1-2-18-12-4-3-9(7-10(12)14)11-5-6-16-13(8-15)17-11/h3-7H,2H2,1H3. The van der Waals surface area contributed by atoms with Gasteiger partial charge in [0.25, 0.3) is 0 Å². The van der Waals surface area contributed by atoms with Crippen LogP contribution in [0.1, 0.15) is 12.7 Å². The van der Waals surface area contributed by atoms with E-state index in [1.165, 1.54) is 0 Å². The third kappa shape index (κ3) is 2.58. The summed E-state index contributed by atoms with van der Waals surface area (Å²) in [6.07, 6.45) is 1.55. The Morgan fingerprint density at radius 3 is 2.89 bits per heavy atom. The summed E-state index contributed by atoms with van der Waals surface area (Å²) in [5.41, 5.74) is 1.48. The van der Waals surface area contributed by atoms with E-state index < -0.39 is 0 Å². The minimum Gasteiger partial charge on any atom is -0.492 e. The molecule has 1 aromatic carbocycles. The topological polar surface area (TPSA) is 58.8 Å². The van der Waals surface area contributed by atoms with Gasteiger partial charge < -0.3 is 4.74 Å². The first-order chi connectivity index (χ1) is 8.74. The van der Waals surface area contributed by atoms with Crippen molar-refractivity contribution in [3.05, 3.63) is 41.3 Å². The molecular formula is C13H10ClN3O. The highest BCUT2D eigenvalue weighted by Crippen LogP contribution is 2.29. The van der Waals surface area contributed by atoms with Crippen molar-refractivity contribution in [2.24, 2.45) is 0 Å². The lowest BCUT2D eigenvalue weighted by Crippen LogP contribution is -1.94. The van der Waals surface area contributed by atoms with Crippen LogP contribution in [0.4, 0.5) is 0 Å². The summed E-state index contributed by atoms with van der Waals surface area (Å²) in [4.78, 5) is 7.93. The third-order valence-electron chi connectivity index (χ3n) is 2.28. The summed E-state index contributed by atoms with van der Waals surface area (Å²) < 4.78 is 5.36. The second kappa shape index (κ2) is 5.48. The molecule has 0 radical (unpaired) electrons. The predicted molar refractivity (Wildman–Crippen MR) is 68.4 cm³/mol. The summed E-state index contributed by atoms with van der Waals surface area (Å²) >= 11 is 6.10. The Labute approximate surface area is 110 Å². The van der Waals surface area contributed by atoms with Crippen molar-refractivity contribution in [1.82, 2.24) is 9.97 Å². The highest BCUT2D eigenvalue weighted by molar-refractivity contribution is 6.32. The van der Waals surface area contributed by atoms with Crippen molar-refractivity contribution in [3.63, 3.8) is 0 Å². The molecule has 0 fully saturated rings. The van der Waals surface area contributed by atoms with Gasteiger partial charge in [0, 0.05) is 11.8 Å². The number of rotatable bonds is 3. The van der Waals surface area contributed by atoms with Gasteiger partial charge in [-0.05, 0) is 31.2 Å². The van der Waals surface area contributed by atoms with Crippen molar-refractivity contribution in [1.29, 1.82) is 5.26 Å². The lowest BCUT2D eigenvalue weighted by molar-refractivity contribution is 0.340. The molecule has 0 aliphatic carbocycles. The fraction of sp³-hybridized carbons (Fsp3) is 0.154. The molecule has 0 spiro atoms. The lowest BCUT2D eigenvalue weighted by Gasteiger charge is -2.07. The second-order valence-electron chi connectivity index (χ2n) is 3.46. The Morgan fingerprint density at radius 2 is 2.22 bits per heavy atom. The van der Waals surface area contributed by atoms with Crippen LogP contribution in [0, 0.1) is 11.3 Å². The van der Waals surface area contributed by atoms with Crippen LogP contribution in [-0.2, 0) is 0 Å². The molecule has 18 heavy (non-hydrogen) atoms. The maximum Gasteiger partial charge on any atom is 0.232 e. The van der Waals surface area contributed by atoms with E-state index in [1.807, 2.05) is 19.1 Å². The quantitative estimate of drug-likeness (QED) is 0.850. The summed E-state index contributed by atoms with van der Waals surface area (Å²) in [5, 5.41) is 9.28. The first-order valence-electron chi connectivity index (χ1n) is 5.40. The number of benzene rings is 1. The van der Waals surface area contributed by atoms with Gasteiger partial charge in [0.2, 0.25) is 5.82 Å². The zero-order valence-corrected chi connectivity index (χ0v) is 10.5. The average Bonchev–Trinajstić information content (AvgIpc) is 2.41. The fourth-order valence-electron chi connectivity index (χ4n) is 1.51. The van der Waals surface area contributed by atoms with Crippen LogP contribution in [0.25, 0.3) is 11.3 Å². The molecule has 0 amide bonds. The molecule has 1 aromatic heterocycles. The largest absolute Gasteiger partial charge is 0.492 e. The van der Waals surface area contributed by atoms with E-state index in [4.69, 9.17) is 21.6 Å². The van der Waals surface area contributed by atoms with Crippen LogP contribution in [0.3, 0.4) is 0 Å². The van der Waals surface area contributed by atoms with Gasteiger partial charge in [0.1, 0.15) is 11.8 Å². The molecule has 2 rings (SSSR count). The van der Waals surface area contributed by atoms with E-state index in [0.717, 1.165) is 5.56 Å². The average molecular weight is 260 g/mol. The SMILES string of the molecule is CCOc1ccc(-c2ccnc(C#N)n2)cc1Cl. The predicted octanol–water partition coefficient (Wildman–Crippen LogP) is 3.07. The van der Waals surface area contributed by atoms with E-state index in [9.17, 15) is 0 Å². The number of ether oxygens (including phenoxy) is 1. The van der Waals surface area contributed by atoms with Gasteiger partial charge in [-0.2, -0.15) is 5.26 Å². The molecule has 1 heterocycles. The van der Waals surface area contributed by atoms with Gasteiger partial charge in [-0.1, -0.05) is 11.6 Å². The number of aromatic nitrogens is 2. The Morgan fingerprint density at radius 1 is 1.39 bits per heavy atom. The van der Waals surface area contributed by atoms with Gasteiger partial charge >= 0.3 is 0 Å². The summed E-state index contributed by atoms with van der Waals surface area (Å²) in [6.45, 7) is 2.46. The van der Waals surface area contributed by atoms with Crippen molar-refractivity contribution in [2.45, 2.75) is 6.92 Å². The Bertz CT molecular complexity index is 607. The fourth-order valence-corrected chi connectivity index (χ4v) is 1.74. The first-order valence-corrected chi connectivity index (χ1v) is 5.78. The maximum absolute atomic E-state index is 8.76. The summed E-state index contributed by atoms with van der Waals surface area (Å²) in [7, 11) is 0. The monoisotopic (exact) mass is 259 g/mol. The van der Waals surface area contributed by atoms with Crippen molar-refractivity contribution in [3.8, 4) is 23.1 Å². The van der Waals surface area contributed by atoms with Crippen LogP contribution in [0.5, 0.6) is 5.75 Å². The molecule has 0 N–H and O–H groups in total. The number of hydrogen-bond donors (Lipinski definition) is 0. The highest BCUT2D eigenvalue weighted by atomic mass is 35.5. The van der Waals surface area contributed by atoms with E-state index in [2.05, 4.69) is 9.97 Å². The zero-order chi connectivity index (χ0) is 13.0. The third-order valence-corrected chi connectivity index (χ3v) is 2.58. The van der Waals surface area contributed by atoms with Crippen LogP contribution in [0.2, 0.25) is 5.02 Å². The zero-order valence-electron chi connectivity index (χ0n) is 9.72. The van der Waals surface area contributed by atoms with E-state index in [1.54, 1.807) is 24.4 Å². The maximum atomic E-state index is 8.76. The van der Waals surface area contributed by atoms with Gasteiger partial charge in [0.15, 0.2) is 0 Å². The molecule has 0 aliphatic heterocycles. The Kier molecular flexibility index (Phi) is 3.75. The summed E-state index contributed by atoms with van der Waals surface area (Å²) in [5.74, 6) is 0.773. The van der Waals surface area contributed by atoms with Gasteiger partial charge in [-0.25, -0.2) is 9.97 Å². The smallest absolute Gasteiger partial charge is 0.232 e. The van der Waals surface area contributed by atoms with Gasteiger partial charge in [-0.15, -0.1) is 0 Å². The highest BCUT2D eigenvalue weighted by Gasteiger charge is 2.06. The molecule has 0 atom stereocenters. The van der Waals surface area contributed by atoms with Crippen molar-refractivity contribution in [2.75, 3.05) is 6.61 Å².